The van der Waals surface area contributed by atoms with E-state index in [9.17, 15) is 0 Å². The number of benzene rings is 3. The lowest BCUT2D eigenvalue weighted by molar-refractivity contribution is 0.310. The van der Waals surface area contributed by atoms with E-state index in [0.29, 0.717) is 12.6 Å². The lowest BCUT2D eigenvalue weighted by Gasteiger charge is -2.32. The normalized spacial score (nSPS) is 18.0. The van der Waals surface area contributed by atoms with Crippen molar-refractivity contribution in [1.82, 2.24) is 4.90 Å². The Morgan fingerprint density at radius 1 is 1.00 bits per heavy atom. The lowest BCUT2D eigenvalue weighted by Crippen LogP contribution is -2.35. The highest BCUT2D eigenvalue weighted by atomic mass is 35.5. The van der Waals surface area contributed by atoms with E-state index < -0.39 is 0 Å². The number of nitrogens with zero attached hydrogens (tertiary/aromatic N) is 3. The summed E-state index contributed by atoms with van der Waals surface area (Å²) in [7, 11) is 4.19. The first-order chi connectivity index (χ1) is 15.6. The molecule has 1 saturated heterocycles. The SMILES string of the molecule is CN(C)c1cccc(CCN2CCC(N3c4cc(Cl)ccc4COc4ccccc43)C2)c1. The molecule has 0 amide bonds. The maximum absolute atomic E-state index is 6.43. The monoisotopic (exact) mass is 447 g/mol. The molecule has 0 N–H and O–H groups in total. The van der Waals surface area contributed by atoms with Crippen molar-refractivity contribution in [2.24, 2.45) is 0 Å². The number of hydrogen-bond acceptors (Lipinski definition) is 4. The number of hydrogen-bond donors (Lipinski definition) is 0. The second-order valence-electron chi connectivity index (χ2n) is 8.96. The fraction of sp³-hybridized carbons (Fsp3) is 0.333. The topological polar surface area (TPSA) is 19.0 Å². The number of rotatable bonds is 5. The Kier molecular flexibility index (Phi) is 5.99. The van der Waals surface area contributed by atoms with Gasteiger partial charge in [-0.1, -0.05) is 41.9 Å². The molecular formula is C27H30ClN3O. The van der Waals surface area contributed by atoms with Gasteiger partial charge in [-0.25, -0.2) is 0 Å². The summed E-state index contributed by atoms with van der Waals surface area (Å²) < 4.78 is 6.16. The average Bonchev–Trinajstić information content (AvgIpc) is 3.20. The maximum atomic E-state index is 6.43. The first-order valence-corrected chi connectivity index (χ1v) is 11.7. The molecule has 3 aromatic rings. The van der Waals surface area contributed by atoms with Crippen LogP contribution in [0.15, 0.2) is 66.7 Å². The van der Waals surface area contributed by atoms with Gasteiger partial charge in [-0.15, -0.1) is 0 Å². The molecule has 0 aliphatic carbocycles. The summed E-state index contributed by atoms with van der Waals surface area (Å²) in [6.07, 6.45) is 2.19. The fourth-order valence-corrected chi connectivity index (χ4v) is 5.01. The molecule has 2 heterocycles. The van der Waals surface area contributed by atoms with Gasteiger partial charge >= 0.3 is 0 Å². The molecule has 2 aliphatic rings. The fourth-order valence-electron chi connectivity index (χ4n) is 4.84. The molecule has 1 unspecified atom stereocenters. The molecule has 2 aliphatic heterocycles. The zero-order valence-electron chi connectivity index (χ0n) is 18.8. The number of anilines is 3. The summed E-state index contributed by atoms with van der Waals surface area (Å²) in [4.78, 5) is 7.22. The Morgan fingerprint density at radius 2 is 1.88 bits per heavy atom. The zero-order valence-corrected chi connectivity index (χ0v) is 19.6. The van der Waals surface area contributed by atoms with Crippen molar-refractivity contribution in [2.45, 2.75) is 25.5 Å². The van der Waals surface area contributed by atoms with Crippen LogP contribution in [0.4, 0.5) is 17.1 Å². The van der Waals surface area contributed by atoms with Gasteiger partial charge in [0.2, 0.25) is 0 Å². The van der Waals surface area contributed by atoms with E-state index in [0.717, 1.165) is 48.9 Å². The Morgan fingerprint density at radius 3 is 2.75 bits per heavy atom. The van der Waals surface area contributed by atoms with Gasteiger partial charge < -0.3 is 19.4 Å². The third-order valence-corrected chi connectivity index (χ3v) is 6.81. The second kappa shape index (κ2) is 9.05. The highest BCUT2D eigenvalue weighted by Crippen LogP contribution is 2.43. The van der Waals surface area contributed by atoms with E-state index in [2.05, 4.69) is 83.4 Å². The van der Waals surface area contributed by atoms with Gasteiger partial charge in [0.1, 0.15) is 12.4 Å². The molecule has 3 aromatic carbocycles. The minimum atomic E-state index is 0.392. The molecule has 0 saturated carbocycles. The van der Waals surface area contributed by atoms with E-state index in [1.54, 1.807) is 0 Å². The standard InChI is InChI=1S/C27H30ClN3O/c1-29(2)23-7-5-6-20(16-23)12-14-30-15-13-24(18-30)31-25-8-3-4-9-27(25)32-19-21-10-11-22(28)17-26(21)31/h3-11,16-17,24H,12-15,18-19H2,1-2H3. The van der Waals surface area contributed by atoms with E-state index in [-0.39, 0.29) is 0 Å². The first kappa shape index (κ1) is 21.2. The van der Waals surface area contributed by atoms with Gasteiger partial charge in [-0.05, 0) is 54.8 Å². The van der Waals surface area contributed by atoms with Crippen LogP contribution in [-0.2, 0) is 13.0 Å². The van der Waals surface area contributed by atoms with Gasteiger partial charge in [0.05, 0.1) is 5.69 Å². The summed E-state index contributed by atoms with van der Waals surface area (Å²) in [5.41, 5.74) is 6.15. The molecule has 4 nitrogen and oxygen atoms in total. The van der Waals surface area contributed by atoms with Gasteiger partial charge in [0.15, 0.2) is 0 Å². The van der Waals surface area contributed by atoms with Crippen LogP contribution in [0.2, 0.25) is 5.02 Å². The van der Waals surface area contributed by atoms with Crippen molar-refractivity contribution in [2.75, 3.05) is 43.5 Å². The van der Waals surface area contributed by atoms with Crippen molar-refractivity contribution in [3.63, 3.8) is 0 Å². The molecule has 0 aromatic heterocycles. The zero-order chi connectivity index (χ0) is 22.1. The molecular weight excluding hydrogens is 418 g/mol. The van der Waals surface area contributed by atoms with Crippen LogP contribution in [0.1, 0.15) is 17.5 Å². The van der Waals surface area contributed by atoms with Crippen LogP contribution in [0.25, 0.3) is 0 Å². The smallest absolute Gasteiger partial charge is 0.143 e. The van der Waals surface area contributed by atoms with Gasteiger partial charge in [-0.2, -0.15) is 0 Å². The van der Waals surface area contributed by atoms with E-state index in [1.807, 2.05) is 12.1 Å². The van der Waals surface area contributed by atoms with Gasteiger partial charge in [0.25, 0.3) is 0 Å². The largest absolute Gasteiger partial charge is 0.487 e. The Balaban J connectivity index is 1.36. The van der Waals surface area contributed by atoms with Crippen molar-refractivity contribution >= 4 is 28.7 Å². The van der Waals surface area contributed by atoms with Crippen LogP contribution < -0.4 is 14.5 Å². The Bertz CT molecular complexity index is 1100. The quantitative estimate of drug-likeness (QED) is 0.495. The molecule has 1 atom stereocenters. The molecule has 0 bridgehead atoms. The molecule has 1 fully saturated rings. The van der Waals surface area contributed by atoms with Gasteiger partial charge in [-0.3, -0.25) is 0 Å². The molecule has 0 radical (unpaired) electrons. The third-order valence-electron chi connectivity index (χ3n) is 6.57. The van der Waals surface area contributed by atoms with Crippen LogP contribution in [0, 0.1) is 0 Å². The van der Waals surface area contributed by atoms with Crippen LogP contribution in [0.5, 0.6) is 5.75 Å². The van der Waals surface area contributed by atoms with Gasteiger partial charge in [0, 0.05) is 61.7 Å². The summed E-state index contributed by atoms with van der Waals surface area (Å²) in [6, 6.07) is 23.8. The maximum Gasteiger partial charge on any atom is 0.143 e. The minimum absolute atomic E-state index is 0.392. The average molecular weight is 448 g/mol. The summed E-state index contributed by atoms with van der Waals surface area (Å²) in [5, 5.41) is 0.767. The van der Waals surface area contributed by atoms with Crippen LogP contribution in [-0.4, -0.2) is 44.7 Å². The van der Waals surface area contributed by atoms with Crippen molar-refractivity contribution < 1.29 is 4.74 Å². The highest BCUT2D eigenvalue weighted by Gasteiger charge is 2.32. The number of ether oxygens (including phenoxy) is 1. The summed E-state index contributed by atoms with van der Waals surface area (Å²) in [5.74, 6) is 0.943. The van der Waals surface area contributed by atoms with E-state index in [4.69, 9.17) is 16.3 Å². The highest BCUT2D eigenvalue weighted by molar-refractivity contribution is 6.30. The van der Waals surface area contributed by atoms with E-state index in [1.165, 1.54) is 22.5 Å². The number of para-hydroxylation sites is 2. The second-order valence-corrected chi connectivity index (χ2v) is 9.39. The number of halogens is 1. The summed E-state index contributed by atoms with van der Waals surface area (Å²) in [6.45, 7) is 3.78. The first-order valence-electron chi connectivity index (χ1n) is 11.4. The molecule has 32 heavy (non-hydrogen) atoms. The predicted octanol–water partition coefficient (Wildman–Crippen LogP) is 5.75. The molecule has 0 spiro atoms. The lowest BCUT2D eigenvalue weighted by atomic mass is 10.1. The Hall–Kier alpha value is -2.69. The van der Waals surface area contributed by atoms with Crippen molar-refractivity contribution in [3.05, 3.63) is 82.9 Å². The third kappa shape index (κ3) is 4.30. The van der Waals surface area contributed by atoms with Crippen LogP contribution >= 0.6 is 11.6 Å². The Labute approximate surface area is 196 Å². The predicted molar refractivity (Wildman–Crippen MR) is 134 cm³/mol. The molecule has 5 rings (SSSR count). The van der Waals surface area contributed by atoms with Crippen LogP contribution in [0.3, 0.4) is 0 Å². The number of fused-ring (bicyclic) bond motifs is 2. The van der Waals surface area contributed by atoms with Crippen molar-refractivity contribution in [1.29, 1.82) is 0 Å². The summed E-state index contributed by atoms with van der Waals surface area (Å²) >= 11 is 6.43. The minimum Gasteiger partial charge on any atom is -0.487 e. The van der Waals surface area contributed by atoms with Crippen molar-refractivity contribution in [3.8, 4) is 5.75 Å². The molecule has 166 valence electrons. The molecule has 5 heteroatoms. The van der Waals surface area contributed by atoms with E-state index >= 15 is 0 Å². The number of likely N-dealkylation sites (tertiary alicyclic amines) is 1.